The molecule has 0 saturated carbocycles. The van der Waals surface area contributed by atoms with E-state index in [1.165, 1.54) is 0 Å². The van der Waals surface area contributed by atoms with Crippen molar-refractivity contribution in [3.8, 4) is 0 Å². The quantitative estimate of drug-likeness (QED) is 0.617. The summed E-state index contributed by atoms with van der Waals surface area (Å²) >= 11 is -1.41. The Morgan fingerprint density at radius 3 is 2.43 bits per heavy atom. The summed E-state index contributed by atoms with van der Waals surface area (Å²) in [5.41, 5.74) is 0.941. The molecule has 0 radical (unpaired) electrons. The Morgan fingerprint density at radius 1 is 1.22 bits per heavy atom. The minimum absolute atomic E-state index is 0.257. The number of rotatable bonds is 4. The lowest BCUT2D eigenvalue weighted by Gasteiger charge is -2.28. The number of hydrogen-bond acceptors (Lipinski definition) is 5. The Kier molecular flexibility index (Phi) is 5.23. The number of benzene rings is 1. The molecule has 5 nitrogen and oxygen atoms in total. The molecule has 0 fully saturated rings. The van der Waals surface area contributed by atoms with E-state index in [1.807, 2.05) is 19.1 Å². The Morgan fingerprint density at radius 2 is 1.87 bits per heavy atom. The maximum atomic E-state index is 12.3. The van der Waals surface area contributed by atoms with Crippen LogP contribution >= 0.6 is 11.3 Å². The highest BCUT2D eigenvalue weighted by molar-refractivity contribution is 7.81. The molecular formula is C16H18NO4S2-. The molecular weight excluding hydrogens is 334 g/mol. The van der Waals surface area contributed by atoms with E-state index in [4.69, 9.17) is 4.74 Å². The average molecular weight is 352 g/mol. The number of ether oxygens (including phenoxy) is 1. The van der Waals surface area contributed by atoms with Crippen molar-refractivity contribution in [1.29, 1.82) is 0 Å². The van der Waals surface area contributed by atoms with E-state index in [-0.39, 0.29) is 4.88 Å². The van der Waals surface area contributed by atoms with Gasteiger partial charge < -0.3 is 9.29 Å². The molecule has 0 aliphatic carbocycles. The highest BCUT2D eigenvalue weighted by Crippen LogP contribution is 2.35. The number of esters is 1. The predicted molar refractivity (Wildman–Crippen MR) is 91.7 cm³/mol. The van der Waals surface area contributed by atoms with Crippen LogP contribution in [0.15, 0.2) is 35.7 Å². The van der Waals surface area contributed by atoms with E-state index in [1.54, 1.807) is 44.4 Å². The third-order valence-electron chi connectivity index (χ3n) is 2.93. The molecule has 0 spiro atoms. The Balaban J connectivity index is 2.48. The highest BCUT2D eigenvalue weighted by atomic mass is 32.2. The fraction of sp³-hybridized carbons (Fsp3) is 0.312. The summed E-state index contributed by atoms with van der Waals surface area (Å²) in [4.78, 5) is 12.6. The first-order valence-electron chi connectivity index (χ1n) is 6.96. The number of hydrogen-bond donors (Lipinski definition) is 0. The van der Waals surface area contributed by atoms with Crippen LogP contribution in [0.5, 0.6) is 0 Å². The lowest BCUT2D eigenvalue weighted by Crippen LogP contribution is -2.26. The predicted octanol–water partition coefficient (Wildman–Crippen LogP) is 3.94. The van der Waals surface area contributed by atoms with E-state index in [0.29, 0.717) is 11.4 Å². The van der Waals surface area contributed by atoms with Gasteiger partial charge in [-0.2, -0.15) is 0 Å². The number of thiophene rings is 1. The Hall–Kier alpha value is -1.70. The molecule has 0 amide bonds. The SMILES string of the molecule is Cc1ccccc1N(c1ccsc1C(=O)OC(C)(C)C)S(=O)[O-]. The second-order valence-corrected chi connectivity index (χ2v) is 7.65. The first-order valence-corrected chi connectivity index (χ1v) is 8.88. The lowest BCUT2D eigenvalue weighted by atomic mass is 10.2. The number of carbonyl (C=O) groups excluding carboxylic acids is 1. The maximum Gasteiger partial charge on any atom is 0.351 e. The zero-order valence-corrected chi connectivity index (χ0v) is 15.0. The number of nitrogens with zero attached hydrogens (tertiary/aromatic N) is 1. The summed E-state index contributed by atoms with van der Waals surface area (Å²) in [6.07, 6.45) is 0. The molecule has 0 N–H and O–H groups in total. The van der Waals surface area contributed by atoms with Gasteiger partial charge in [-0.25, -0.2) is 4.79 Å². The second kappa shape index (κ2) is 6.82. The van der Waals surface area contributed by atoms with Crippen LogP contribution in [0.3, 0.4) is 0 Å². The second-order valence-electron chi connectivity index (χ2n) is 5.93. The van der Waals surface area contributed by atoms with Gasteiger partial charge in [0, 0.05) is 0 Å². The van der Waals surface area contributed by atoms with Crippen LogP contribution in [0.4, 0.5) is 11.4 Å². The van der Waals surface area contributed by atoms with E-state index < -0.39 is 22.8 Å². The van der Waals surface area contributed by atoms with Gasteiger partial charge in [0.2, 0.25) is 0 Å². The molecule has 1 aromatic carbocycles. The van der Waals surface area contributed by atoms with Crippen LogP contribution < -0.4 is 4.31 Å². The largest absolute Gasteiger partial charge is 0.755 e. The fourth-order valence-electron chi connectivity index (χ4n) is 2.02. The van der Waals surface area contributed by atoms with Gasteiger partial charge in [-0.3, -0.25) is 8.51 Å². The topological polar surface area (TPSA) is 69.7 Å². The zero-order chi connectivity index (χ0) is 17.2. The van der Waals surface area contributed by atoms with Gasteiger partial charge in [0.25, 0.3) is 0 Å². The standard InChI is InChI=1S/C16H19NO4S2/c1-11-7-5-6-8-12(11)17(23(19)20)13-9-10-22-14(13)15(18)21-16(2,3)4/h5-10H,1-4H3,(H,19,20)/p-1. The Labute approximate surface area is 142 Å². The first kappa shape index (κ1) is 17.7. The van der Waals surface area contributed by atoms with Crippen molar-refractivity contribution in [1.82, 2.24) is 0 Å². The van der Waals surface area contributed by atoms with Crippen LogP contribution in [0.1, 0.15) is 36.0 Å². The third kappa shape index (κ3) is 4.19. The smallest absolute Gasteiger partial charge is 0.351 e. The van der Waals surface area contributed by atoms with Crippen LogP contribution in [-0.4, -0.2) is 20.3 Å². The summed E-state index contributed by atoms with van der Waals surface area (Å²) in [5.74, 6) is -0.536. The van der Waals surface area contributed by atoms with Crippen molar-refractivity contribution in [2.75, 3.05) is 4.31 Å². The van der Waals surface area contributed by atoms with E-state index >= 15 is 0 Å². The third-order valence-corrected chi connectivity index (χ3v) is 4.51. The van der Waals surface area contributed by atoms with Crippen molar-refractivity contribution >= 4 is 39.9 Å². The molecule has 7 heteroatoms. The Bertz CT molecular complexity index is 734. The highest BCUT2D eigenvalue weighted by Gasteiger charge is 2.25. The molecule has 124 valence electrons. The average Bonchev–Trinajstić information content (AvgIpc) is 2.88. The normalized spacial score (nSPS) is 12.7. The van der Waals surface area contributed by atoms with Crippen molar-refractivity contribution in [3.05, 3.63) is 46.2 Å². The molecule has 0 aliphatic heterocycles. The molecule has 0 aliphatic rings. The van der Waals surface area contributed by atoms with Crippen molar-refractivity contribution in [2.24, 2.45) is 0 Å². The van der Waals surface area contributed by atoms with E-state index in [9.17, 15) is 13.6 Å². The summed E-state index contributed by atoms with van der Waals surface area (Å²) in [6, 6.07) is 8.69. The van der Waals surface area contributed by atoms with Gasteiger partial charge in [0.1, 0.15) is 10.5 Å². The van der Waals surface area contributed by atoms with Crippen LogP contribution in [0, 0.1) is 6.92 Å². The van der Waals surface area contributed by atoms with Gasteiger partial charge in [0.15, 0.2) is 0 Å². The molecule has 2 rings (SSSR count). The number of para-hydroxylation sites is 1. The minimum Gasteiger partial charge on any atom is -0.755 e. The number of carbonyl (C=O) groups is 1. The lowest BCUT2D eigenvalue weighted by molar-refractivity contribution is 0.00762. The number of aryl methyl sites for hydroxylation is 1. The molecule has 23 heavy (non-hydrogen) atoms. The summed E-state index contributed by atoms with van der Waals surface area (Å²) in [7, 11) is 0. The molecule has 0 bridgehead atoms. The van der Waals surface area contributed by atoms with Crippen LogP contribution in [0.25, 0.3) is 0 Å². The summed E-state index contributed by atoms with van der Waals surface area (Å²) in [5, 5.41) is 1.67. The molecule has 1 unspecified atom stereocenters. The van der Waals surface area contributed by atoms with Gasteiger partial charge in [-0.05, 0) is 50.8 Å². The van der Waals surface area contributed by atoms with Crippen molar-refractivity contribution in [3.63, 3.8) is 0 Å². The van der Waals surface area contributed by atoms with Gasteiger partial charge in [-0.1, -0.05) is 18.2 Å². The van der Waals surface area contributed by atoms with Crippen molar-refractivity contribution < 1.29 is 18.3 Å². The van der Waals surface area contributed by atoms with Crippen molar-refractivity contribution in [2.45, 2.75) is 33.3 Å². The van der Waals surface area contributed by atoms with Crippen LogP contribution in [-0.2, 0) is 16.0 Å². The summed E-state index contributed by atoms with van der Waals surface area (Å²) < 4.78 is 30.1. The van der Waals surface area contributed by atoms with Gasteiger partial charge >= 0.3 is 5.97 Å². The van der Waals surface area contributed by atoms with Gasteiger partial charge in [-0.15, -0.1) is 11.3 Å². The molecule has 1 atom stereocenters. The van der Waals surface area contributed by atoms with Gasteiger partial charge in [0.05, 0.1) is 22.6 Å². The maximum absolute atomic E-state index is 12.3. The molecule has 1 aromatic heterocycles. The molecule has 2 aromatic rings. The monoisotopic (exact) mass is 352 g/mol. The minimum atomic E-state index is -2.56. The van der Waals surface area contributed by atoms with E-state index in [2.05, 4.69) is 0 Å². The summed E-state index contributed by atoms with van der Waals surface area (Å²) in [6.45, 7) is 7.11. The first-order chi connectivity index (χ1) is 10.7. The zero-order valence-electron chi connectivity index (χ0n) is 13.4. The van der Waals surface area contributed by atoms with Crippen LogP contribution in [0.2, 0.25) is 0 Å². The number of anilines is 2. The molecule has 1 heterocycles. The van der Waals surface area contributed by atoms with E-state index in [0.717, 1.165) is 21.2 Å². The molecule has 0 saturated heterocycles. The fourth-order valence-corrected chi connectivity index (χ4v) is 3.51.